The van der Waals surface area contributed by atoms with E-state index < -0.39 is 5.97 Å². The van der Waals surface area contributed by atoms with E-state index in [0.29, 0.717) is 13.0 Å². The maximum Gasteiger partial charge on any atom is 0.323 e. The molecule has 1 aliphatic heterocycles. The van der Waals surface area contributed by atoms with E-state index in [1.54, 1.807) is 0 Å². The molecular weight excluding hydrogens is 158 g/mol. The van der Waals surface area contributed by atoms with Gasteiger partial charge < -0.3 is 10.0 Å². The molecule has 0 radical (unpaired) electrons. The monoisotopic (exact) mass is 171 g/mol. The fourth-order valence-corrected chi connectivity index (χ4v) is 1.03. The Balaban J connectivity index is 0.000000561. The summed E-state index contributed by atoms with van der Waals surface area (Å²) in [6, 6.07) is 0. The van der Waals surface area contributed by atoms with Gasteiger partial charge in [0.2, 0.25) is 5.91 Å². The third-order valence-corrected chi connectivity index (χ3v) is 1.50. The molecule has 68 valence electrons. The van der Waals surface area contributed by atoms with Crippen molar-refractivity contribution in [2.45, 2.75) is 12.8 Å². The van der Waals surface area contributed by atoms with Crippen LogP contribution in [0.3, 0.4) is 0 Å². The molecule has 4 heteroatoms. The van der Waals surface area contributed by atoms with E-state index in [0.717, 1.165) is 6.42 Å². The van der Waals surface area contributed by atoms with Crippen LogP contribution in [0.1, 0.15) is 12.8 Å². The number of amides is 1. The van der Waals surface area contributed by atoms with Crippen LogP contribution in [0.4, 0.5) is 0 Å². The molecule has 0 atom stereocenters. The molecule has 1 fully saturated rings. The first-order valence-electron chi connectivity index (χ1n) is 3.70. The van der Waals surface area contributed by atoms with Gasteiger partial charge in [-0.3, -0.25) is 9.59 Å². The number of aliphatic carboxylic acids is 1. The van der Waals surface area contributed by atoms with Gasteiger partial charge in [0.15, 0.2) is 0 Å². The van der Waals surface area contributed by atoms with Gasteiger partial charge in [0.25, 0.3) is 0 Å². The minimum Gasteiger partial charge on any atom is -0.480 e. The molecule has 4 nitrogen and oxygen atoms in total. The third-order valence-electron chi connectivity index (χ3n) is 1.50. The van der Waals surface area contributed by atoms with Crippen molar-refractivity contribution in [2.24, 2.45) is 0 Å². The Morgan fingerprint density at radius 3 is 2.50 bits per heavy atom. The van der Waals surface area contributed by atoms with E-state index in [9.17, 15) is 9.59 Å². The lowest BCUT2D eigenvalue weighted by Gasteiger charge is -2.10. The molecule has 0 aromatic rings. The van der Waals surface area contributed by atoms with Gasteiger partial charge in [-0.25, -0.2) is 0 Å². The van der Waals surface area contributed by atoms with E-state index in [4.69, 9.17) is 5.11 Å². The van der Waals surface area contributed by atoms with Crippen molar-refractivity contribution in [2.75, 3.05) is 13.1 Å². The van der Waals surface area contributed by atoms with Crippen LogP contribution in [-0.2, 0) is 9.59 Å². The molecule has 0 aromatic carbocycles. The zero-order chi connectivity index (χ0) is 9.56. The maximum absolute atomic E-state index is 10.8. The minimum atomic E-state index is -0.935. The van der Waals surface area contributed by atoms with Crippen molar-refractivity contribution in [1.29, 1.82) is 0 Å². The minimum absolute atomic E-state index is 0.0394. The van der Waals surface area contributed by atoms with E-state index in [1.807, 2.05) is 0 Å². The number of carbonyl (C=O) groups is 2. The second-order valence-electron chi connectivity index (χ2n) is 2.31. The lowest BCUT2D eigenvalue weighted by Crippen LogP contribution is -2.30. The zero-order valence-corrected chi connectivity index (χ0v) is 6.95. The summed E-state index contributed by atoms with van der Waals surface area (Å²) in [6.45, 7) is 6.46. The van der Waals surface area contributed by atoms with Gasteiger partial charge in [-0.2, -0.15) is 0 Å². The van der Waals surface area contributed by atoms with Crippen LogP contribution >= 0.6 is 0 Å². The predicted molar refractivity (Wildman–Crippen MR) is 44.7 cm³/mol. The van der Waals surface area contributed by atoms with Gasteiger partial charge in [-0.1, -0.05) is 0 Å². The lowest BCUT2D eigenvalue weighted by atomic mass is 10.4. The summed E-state index contributed by atoms with van der Waals surface area (Å²) in [5, 5.41) is 8.30. The van der Waals surface area contributed by atoms with Gasteiger partial charge in [0.1, 0.15) is 6.54 Å². The number of carboxylic acids is 1. The van der Waals surface area contributed by atoms with Crippen molar-refractivity contribution >= 4 is 11.9 Å². The fourth-order valence-electron chi connectivity index (χ4n) is 1.03. The van der Waals surface area contributed by atoms with Gasteiger partial charge in [0.05, 0.1) is 0 Å². The number of carbonyl (C=O) groups excluding carboxylic acids is 1. The normalized spacial score (nSPS) is 15.3. The molecule has 1 aliphatic rings. The molecule has 0 aromatic heterocycles. The summed E-state index contributed by atoms with van der Waals surface area (Å²) < 4.78 is 0. The molecule has 0 saturated carbocycles. The Morgan fingerprint density at radius 1 is 1.58 bits per heavy atom. The Morgan fingerprint density at radius 2 is 2.17 bits per heavy atom. The lowest BCUT2D eigenvalue weighted by molar-refractivity contribution is -0.142. The highest BCUT2D eigenvalue weighted by Gasteiger charge is 2.21. The van der Waals surface area contributed by atoms with Crippen molar-refractivity contribution < 1.29 is 14.7 Å². The van der Waals surface area contributed by atoms with Crippen LogP contribution < -0.4 is 0 Å². The first kappa shape index (κ1) is 10.7. The number of nitrogens with zero attached hydrogens (tertiary/aromatic N) is 1. The van der Waals surface area contributed by atoms with Crippen LogP contribution in [0.2, 0.25) is 0 Å². The van der Waals surface area contributed by atoms with E-state index in [2.05, 4.69) is 13.2 Å². The second kappa shape index (κ2) is 5.35. The fraction of sp³-hybridized carbons (Fsp3) is 0.500. The van der Waals surface area contributed by atoms with E-state index in [1.165, 1.54) is 4.90 Å². The Kier molecular flexibility index (Phi) is 4.76. The van der Waals surface area contributed by atoms with Crippen LogP contribution in [0.25, 0.3) is 0 Å². The molecular formula is C8H13NO3. The standard InChI is InChI=1S/C6H9NO3.C2H4/c8-5-2-1-3-7(5)4-6(9)10;1-2/h1-4H2,(H,9,10);1-2H2. The van der Waals surface area contributed by atoms with E-state index in [-0.39, 0.29) is 12.5 Å². The molecule has 0 unspecified atom stereocenters. The van der Waals surface area contributed by atoms with Gasteiger partial charge in [-0.05, 0) is 6.42 Å². The zero-order valence-electron chi connectivity index (χ0n) is 6.95. The van der Waals surface area contributed by atoms with Crippen LogP contribution in [0.5, 0.6) is 0 Å². The number of hydrogen-bond donors (Lipinski definition) is 1. The summed E-state index contributed by atoms with van der Waals surface area (Å²) in [7, 11) is 0. The number of likely N-dealkylation sites (tertiary alicyclic amines) is 1. The average molecular weight is 171 g/mol. The number of hydrogen-bond acceptors (Lipinski definition) is 2. The summed E-state index contributed by atoms with van der Waals surface area (Å²) >= 11 is 0. The highest BCUT2D eigenvalue weighted by molar-refractivity contribution is 5.82. The molecule has 1 saturated heterocycles. The molecule has 0 spiro atoms. The quantitative estimate of drug-likeness (QED) is 0.615. The largest absolute Gasteiger partial charge is 0.480 e. The van der Waals surface area contributed by atoms with Crippen LogP contribution in [-0.4, -0.2) is 35.0 Å². The smallest absolute Gasteiger partial charge is 0.323 e. The van der Waals surface area contributed by atoms with Crippen molar-refractivity contribution in [3.8, 4) is 0 Å². The summed E-state index contributed by atoms with van der Waals surface area (Å²) in [6.07, 6.45) is 1.30. The predicted octanol–water partition coefficient (Wildman–Crippen LogP) is 0.496. The number of carboxylic acid groups (broad SMARTS) is 1. The SMILES string of the molecule is C=C.O=C(O)CN1CCCC1=O. The highest BCUT2D eigenvalue weighted by Crippen LogP contribution is 2.07. The van der Waals surface area contributed by atoms with Crippen LogP contribution in [0.15, 0.2) is 13.2 Å². The Hall–Kier alpha value is -1.32. The topological polar surface area (TPSA) is 57.6 Å². The molecule has 12 heavy (non-hydrogen) atoms. The highest BCUT2D eigenvalue weighted by atomic mass is 16.4. The van der Waals surface area contributed by atoms with Crippen molar-refractivity contribution in [3.05, 3.63) is 13.2 Å². The molecule has 0 aliphatic carbocycles. The molecule has 1 amide bonds. The van der Waals surface area contributed by atoms with Crippen molar-refractivity contribution in [1.82, 2.24) is 4.90 Å². The Labute approximate surface area is 71.5 Å². The van der Waals surface area contributed by atoms with Gasteiger partial charge in [-0.15, -0.1) is 13.2 Å². The molecule has 1 N–H and O–H groups in total. The van der Waals surface area contributed by atoms with Gasteiger partial charge >= 0.3 is 5.97 Å². The van der Waals surface area contributed by atoms with Gasteiger partial charge in [0, 0.05) is 13.0 Å². The maximum atomic E-state index is 10.8. The van der Waals surface area contributed by atoms with Crippen molar-refractivity contribution in [3.63, 3.8) is 0 Å². The average Bonchev–Trinajstić information content (AvgIpc) is 2.40. The molecule has 1 rings (SSSR count). The first-order valence-corrected chi connectivity index (χ1v) is 3.70. The summed E-state index contributed by atoms with van der Waals surface area (Å²) in [5.41, 5.74) is 0. The Bertz CT molecular complexity index is 179. The first-order chi connectivity index (χ1) is 5.70. The second-order valence-corrected chi connectivity index (χ2v) is 2.31. The van der Waals surface area contributed by atoms with Crippen LogP contribution in [0, 0.1) is 0 Å². The summed E-state index contributed by atoms with van der Waals surface area (Å²) in [5.74, 6) is -0.974. The number of rotatable bonds is 2. The van der Waals surface area contributed by atoms with E-state index >= 15 is 0 Å². The molecule has 0 bridgehead atoms. The summed E-state index contributed by atoms with van der Waals surface area (Å²) in [4.78, 5) is 22.2. The third kappa shape index (κ3) is 3.18. The molecule has 1 heterocycles.